The molecule has 0 spiro atoms. The Labute approximate surface area is 109 Å². The predicted octanol–water partition coefficient (Wildman–Crippen LogP) is 2.29. The Morgan fingerprint density at radius 3 is 2.53 bits per heavy atom. The Hall–Kier alpha value is -2.82. The van der Waals surface area contributed by atoms with Crippen molar-refractivity contribution in [1.29, 1.82) is 0 Å². The summed E-state index contributed by atoms with van der Waals surface area (Å²) in [6.45, 7) is 0. The molecule has 0 aliphatic rings. The van der Waals surface area contributed by atoms with Crippen LogP contribution >= 0.6 is 0 Å². The molecule has 0 bridgehead atoms. The Bertz CT molecular complexity index is 608. The first-order valence-electron chi connectivity index (χ1n) is 5.48. The number of aromatic hydroxyl groups is 2. The van der Waals surface area contributed by atoms with Crippen molar-refractivity contribution < 1.29 is 19.8 Å². The smallest absolute Gasteiger partial charge is 0.365 e. The van der Waals surface area contributed by atoms with E-state index in [0.717, 1.165) is 0 Å². The monoisotopic (exact) mass is 257 g/mol. The van der Waals surface area contributed by atoms with E-state index in [2.05, 4.69) is 9.99 Å². The Kier molecular flexibility index (Phi) is 3.78. The number of phenols is 2. The molecule has 0 fully saturated rings. The van der Waals surface area contributed by atoms with Crippen LogP contribution in [0, 0.1) is 0 Å². The maximum Gasteiger partial charge on any atom is 0.365 e. The Balaban J connectivity index is 2.02. The van der Waals surface area contributed by atoms with Crippen LogP contribution in [-0.4, -0.2) is 22.4 Å². The number of rotatable bonds is 3. The normalized spacial score (nSPS) is 10.5. The average molecular weight is 257 g/mol. The van der Waals surface area contributed by atoms with Gasteiger partial charge in [0, 0.05) is 11.6 Å². The SMILES string of the molecule is O=C(ON=Cc1ccc(O)cc1O)c1ccccc1. The molecule has 5 heteroatoms. The van der Waals surface area contributed by atoms with Gasteiger partial charge in [0.15, 0.2) is 0 Å². The molecule has 0 aromatic heterocycles. The fourth-order valence-electron chi connectivity index (χ4n) is 1.40. The van der Waals surface area contributed by atoms with Crippen molar-refractivity contribution in [1.82, 2.24) is 0 Å². The highest BCUT2D eigenvalue weighted by Gasteiger charge is 2.05. The van der Waals surface area contributed by atoms with Gasteiger partial charge in [0.1, 0.15) is 11.5 Å². The molecule has 0 atom stereocenters. The summed E-state index contributed by atoms with van der Waals surface area (Å²) in [6, 6.07) is 12.4. The van der Waals surface area contributed by atoms with Crippen molar-refractivity contribution in [3.63, 3.8) is 0 Å². The lowest BCUT2D eigenvalue weighted by Crippen LogP contribution is -2.00. The molecular formula is C14H11NO4. The van der Waals surface area contributed by atoms with Gasteiger partial charge in [-0.2, -0.15) is 0 Å². The van der Waals surface area contributed by atoms with Crippen LogP contribution < -0.4 is 0 Å². The largest absolute Gasteiger partial charge is 0.508 e. The summed E-state index contributed by atoms with van der Waals surface area (Å²) in [5.74, 6) is -0.800. The third-order valence-corrected chi connectivity index (χ3v) is 2.35. The number of nitrogens with zero attached hydrogens (tertiary/aromatic N) is 1. The summed E-state index contributed by atoms with van der Waals surface area (Å²) in [5, 5.41) is 22.1. The number of carbonyl (C=O) groups is 1. The van der Waals surface area contributed by atoms with Gasteiger partial charge in [0.2, 0.25) is 0 Å². The van der Waals surface area contributed by atoms with E-state index in [4.69, 9.17) is 5.11 Å². The van der Waals surface area contributed by atoms with E-state index < -0.39 is 5.97 Å². The van der Waals surface area contributed by atoms with Gasteiger partial charge >= 0.3 is 5.97 Å². The first-order chi connectivity index (χ1) is 9.16. The Morgan fingerprint density at radius 2 is 1.84 bits per heavy atom. The van der Waals surface area contributed by atoms with Gasteiger partial charge < -0.3 is 15.1 Å². The Morgan fingerprint density at radius 1 is 1.11 bits per heavy atom. The first-order valence-corrected chi connectivity index (χ1v) is 5.48. The molecule has 2 rings (SSSR count). The molecule has 0 heterocycles. The van der Waals surface area contributed by atoms with E-state index in [-0.39, 0.29) is 11.5 Å². The molecule has 0 aliphatic carbocycles. The van der Waals surface area contributed by atoms with Crippen molar-refractivity contribution >= 4 is 12.2 Å². The molecule has 0 amide bonds. The molecule has 0 aliphatic heterocycles. The summed E-state index contributed by atoms with van der Waals surface area (Å²) >= 11 is 0. The minimum Gasteiger partial charge on any atom is -0.508 e. The van der Waals surface area contributed by atoms with Gasteiger partial charge in [-0.25, -0.2) is 4.79 Å². The zero-order valence-corrected chi connectivity index (χ0v) is 9.85. The number of phenolic OH excluding ortho intramolecular Hbond substituents is 2. The molecule has 2 N–H and O–H groups in total. The molecule has 0 unspecified atom stereocenters. The third-order valence-electron chi connectivity index (χ3n) is 2.35. The van der Waals surface area contributed by atoms with Crippen molar-refractivity contribution in [2.75, 3.05) is 0 Å². The van der Waals surface area contributed by atoms with Gasteiger partial charge in [-0.05, 0) is 24.3 Å². The lowest BCUT2D eigenvalue weighted by molar-refractivity contribution is 0.0519. The molecular weight excluding hydrogens is 246 g/mol. The summed E-state index contributed by atoms with van der Waals surface area (Å²) in [4.78, 5) is 16.2. The maximum atomic E-state index is 11.5. The second-order valence-corrected chi connectivity index (χ2v) is 3.72. The van der Waals surface area contributed by atoms with Crippen LogP contribution in [0.25, 0.3) is 0 Å². The minimum atomic E-state index is -0.588. The van der Waals surface area contributed by atoms with Crippen LogP contribution in [0.5, 0.6) is 11.5 Å². The zero-order chi connectivity index (χ0) is 13.7. The van der Waals surface area contributed by atoms with Crippen LogP contribution in [0.2, 0.25) is 0 Å². The second kappa shape index (κ2) is 5.68. The number of oxime groups is 1. The highest BCUT2D eigenvalue weighted by Crippen LogP contribution is 2.20. The molecule has 0 saturated heterocycles. The van der Waals surface area contributed by atoms with Gasteiger partial charge in [-0.3, -0.25) is 0 Å². The van der Waals surface area contributed by atoms with Crippen LogP contribution in [0.15, 0.2) is 53.7 Å². The van der Waals surface area contributed by atoms with Crippen molar-refractivity contribution in [2.24, 2.45) is 5.16 Å². The van der Waals surface area contributed by atoms with Gasteiger partial charge in [-0.1, -0.05) is 23.4 Å². The highest BCUT2D eigenvalue weighted by atomic mass is 16.7. The minimum absolute atomic E-state index is 0.0593. The van der Waals surface area contributed by atoms with E-state index in [1.807, 2.05) is 0 Å². The van der Waals surface area contributed by atoms with E-state index in [1.165, 1.54) is 24.4 Å². The van der Waals surface area contributed by atoms with E-state index in [0.29, 0.717) is 11.1 Å². The van der Waals surface area contributed by atoms with Crippen molar-refractivity contribution in [2.45, 2.75) is 0 Å². The van der Waals surface area contributed by atoms with Crippen LogP contribution in [0.3, 0.4) is 0 Å². The number of benzene rings is 2. The lowest BCUT2D eigenvalue weighted by atomic mass is 10.2. The number of hydrogen-bond donors (Lipinski definition) is 2. The summed E-state index contributed by atoms with van der Waals surface area (Å²) < 4.78 is 0. The molecule has 0 radical (unpaired) electrons. The second-order valence-electron chi connectivity index (χ2n) is 3.72. The van der Waals surface area contributed by atoms with Crippen LogP contribution in [0.4, 0.5) is 0 Å². The van der Waals surface area contributed by atoms with E-state index in [9.17, 15) is 9.90 Å². The van der Waals surface area contributed by atoms with Gasteiger partial charge in [-0.15, -0.1) is 0 Å². The average Bonchev–Trinajstić information content (AvgIpc) is 2.42. The molecule has 5 nitrogen and oxygen atoms in total. The van der Waals surface area contributed by atoms with Crippen molar-refractivity contribution in [3.8, 4) is 11.5 Å². The fraction of sp³-hybridized carbons (Fsp3) is 0. The summed E-state index contributed by atoms with van der Waals surface area (Å²) in [5.41, 5.74) is 0.716. The first kappa shape index (κ1) is 12.6. The number of carbonyl (C=O) groups excluding carboxylic acids is 1. The van der Waals surface area contributed by atoms with Crippen LogP contribution in [0.1, 0.15) is 15.9 Å². The van der Waals surface area contributed by atoms with E-state index in [1.54, 1.807) is 30.3 Å². The van der Waals surface area contributed by atoms with Gasteiger partial charge in [0.25, 0.3) is 0 Å². The zero-order valence-electron chi connectivity index (χ0n) is 9.85. The molecule has 96 valence electrons. The molecule has 2 aromatic carbocycles. The highest BCUT2D eigenvalue weighted by molar-refractivity contribution is 5.90. The van der Waals surface area contributed by atoms with E-state index >= 15 is 0 Å². The quantitative estimate of drug-likeness (QED) is 0.502. The third kappa shape index (κ3) is 3.32. The van der Waals surface area contributed by atoms with Gasteiger partial charge in [0.05, 0.1) is 11.8 Å². The fourth-order valence-corrected chi connectivity index (χ4v) is 1.40. The standard InChI is InChI=1S/C14H11NO4/c16-12-7-6-11(13(17)8-12)9-15-19-14(18)10-4-2-1-3-5-10/h1-9,16-17H. The molecule has 19 heavy (non-hydrogen) atoms. The van der Waals surface area contributed by atoms with Crippen molar-refractivity contribution in [3.05, 3.63) is 59.7 Å². The molecule has 0 saturated carbocycles. The topological polar surface area (TPSA) is 79.1 Å². The predicted molar refractivity (Wildman–Crippen MR) is 69.2 cm³/mol. The summed E-state index contributed by atoms with van der Waals surface area (Å²) in [6.07, 6.45) is 1.19. The maximum absolute atomic E-state index is 11.5. The lowest BCUT2D eigenvalue weighted by Gasteiger charge is -1.99. The summed E-state index contributed by atoms with van der Waals surface area (Å²) in [7, 11) is 0. The van der Waals surface area contributed by atoms with Crippen LogP contribution in [-0.2, 0) is 4.84 Å². The molecule has 2 aromatic rings. The number of hydrogen-bond acceptors (Lipinski definition) is 5.